The Morgan fingerprint density at radius 3 is 2.50 bits per heavy atom. The molecule has 4 nitrogen and oxygen atoms in total. The average molecular weight is 256 g/mol. The van der Waals surface area contributed by atoms with Gasteiger partial charge in [0.05, 0.1) is 11.8 Å². The van der Waals surface area contributed by atoms with Gasteiger partial charge in [-0.1, -0.05) is 0 Å². The van der Waals surface area contributed by atoms with Crippen LogP contribution in [0.5, 0.6) is 11.5 Å². The number of nitrogen functional groups attached to an aromatic ring is 1. The summed E-state index contributed by atoms with van der Waals surface area (Å²) in [6.45, 7) is 4.92. The molecule has 0 saturated heterocycles. The molecule has 0 heterocycles. The third-order valence-corrected chi connectivity index (χ3v) is 2.22. The van der Waals surface area contributed by atoms with Crippen molar-refractivity contribution in [3.63, 3.8) is 0 Å². The van der Waals surface area contributed by atoms with Gasteiger partial charge in [0.1, 0.15) is 12.4 Å². The number of benzene rings is 1. The van der Waals surface area contributed by atoms with E-state index in [0.717, 1.165) is 6.54 Å². The molecule has 0 radical (unpaired) electrons. The Bertz CT molecular complexity index is 395. The first-order chi connectivity index (χ1) is 8.40. The van der Waals surface area contributed by atoms with Gasteiger partial charge in [0.15, 0.2) is 11.6 Å². The van der Waals surface area contributed by atoms with Gasteiger partial charge in [-0.15, -0.1) is 0 Å². The molecule has 1 rings (SSSR count). The Kier molecular flexibility index (Phi) is 5.22. The van der Waals surface area contributed by atoms with E-state index < -0.39 is 5.82 Å². The molecule has 5 heteroatoms. The molecule has 1 aromatic rings. The van der Waals surface area contributed by atoms with Crippen LogP contribution < -0.4 is 15.2 Å². The van der Waals surface area contributed by atoms with E-state index in [9.17, 15) is 4.39 Å². The number of nitrogens with two attached hydrogens (primary N) is 1. The number of ether oxygens (including phenoxy) is 2. The highest BCUT2D eigenvalue weighted by Crippen LogP contribution is 2.30. The fourth-order valence-corrected chi connectivity index (χ4v) is 1.36. The SMILES string of the molecule is CC(C)Oc1cc(OCCN(C)C)c(N)cc1F. The van der Waals surface area contributed by atoms with Crippen LogP contribution in [0, 0.1) is 5.82 Å². The van der Waals surface area contributed by atoms with Gasteiger partial charge in [-0.3, -0.25) is 0 Å². The van der Waals surface area contributed by atoms with E-state index in [-0.39, 0.29) is 17.5 Å². The molecular formula is C13H21FN2O2. The summed E-state index contributed by atoms with van der Waals surface area (Å²) in [5.74, 6) is 0.147. The Labute approximate surface area is 107 Å². The lowest BCUT2D eigenvalue weighted by molar-refractivity contribution is 0.227. The summed E-state index contributed by atoms with van der Waals surface area (Å²) in [6.07, 6.45) is -0.0993. The Hall–Kier alpha value is -1.49. The van der Waals surface area contributed by atoms with Crippen molar-refractivity contribution in [1.82, 2.24) is 4.90 Å². The lowest BCUT2D eigenvalue weighted by Crippen LogP contribution is -2.19. The van der Waals surface area contributed by atoms with E-state index in [4.69, 9.17) is 15.2 Å². The maximum atomic E-state index is 13.6. The molecule has 0 aromatic heterocycles. The maximum absolute atomic E-state index is 13.6. The van der Waals surface area contributed by atoms with Crippen LogP contribution in [-0.2, 0) is 0 Å². The minimum Gasteiger partial charge on any atom is -0.490 e. The third-order valence-electron chi connectivity index (χ3n) is 2.22. The minimum absolute atomic E-state index is 0.0993. The average Bonchev–Trinajstić information content (AvgIpc) is 2.23. The Morgan fingerprint density at radius 1 is 1.28 bits per heavy atom. The largest absolute Gasteiger partial charge is 0.490 e. The molecule has 0 fully saturated rings. The molecule has 0 aliphatic rings. The molecule has 0 aliphatic carbocycles. The summed E-state index contributed by atoms with van der Waals surface area (Å²) in [4.78, 5) is 1.99. The van der Waals surface area contributed by atoms with Crippen molar-refractivity contribution in [2.45, 2.75) is 20.0 Å². The molecule has 0 unspecified atom stereocenters. The highest BCUT2D eigenvalue weighted by atomic mass is 19.1. The predicted octanol–water partition coefficient (Wildman–Crippen LogP) is 2.14. The topological polar surface area (TPSA) is 47.7 Å². The zero-order valence-electron chi connectivity index (χ0n) is 11.4. The van der Waals surface area contributed by atoms with Gasteiger partial charge in [0.25, 0.3) is 0 Å². The van der Waals surface area contributed by atoms with E-state index in [0.29, 0.717) is 12.4 Å². The summed E-state index contributed by atoms with van der Waals surface area (Å²) < 4.78 is 24.4. The van der Waals surface area contributed by atoms with Crippen LogP contribution in [0.25, 0.3) is 0 Å². The summed E-state index contributed by atoms with van der Waals surface area (Å²) in [7, 11) is 3.90. The van der Waals surface area contributed by atoms with Gasteiger partial charge in [-0.05, 0) is 27.9 Å². The normalized spacial score (nSPS) is 11.1. The number of anilines is 1. The number of halogens is 1. The van der Waals surface area contributed by atoms with Gasteiger partial charge in [-0.25, -0.2) is 4.39 Å². The predicted molar refractivity (Wildman–Crippen MR) is 70.6 cm³/mol. The first kappa shape index (κ1) is 14.6. The fraction of sp³-hybridized carbons (Fsp3) is 0.538. The molecule has 102 valence electrons. The smallest absolute Gasteiger partial charge is 0.167 e. The molecule has 18 heavy (non-hydrogen) atoms. The lowest BCUT2D eigenvalue weighted by atomic mass is 10.2. The second-order valence-corrected chi connectivity index (χ2v) is 4.64. The number of nitrogens with zero attached hydrogens (tertiary/aromatic N) is 1. The summed E-state index contributed by atoms with van der Waals surface area (Å²) in [6, 6.07) is 2.73. The van der Waals surface area contributed by atoms with Crippen molar-refractivity contribution >= 4 is 5.69 Å². The maximum Gasteiger partial charge on any atom is 0.167 e. The van der Waals surface area contributed by atoms with Crippen molar-refractivity contribution in [2.24, 2.45) is 0 Å². The molecule has 2 N–H and O–H groups in total. The van der Waals surface area contributed by atoms with Crippen molar-refractivity contribution in [2.75, 3.05) is 33.0 Å². The molecular weight excluding hydrogens is 235 g/mol. The van der Waals surface area contributed by atoms with E-state index in [2.05, 4.69) is 0 Å². The molecule has 0 atom stereocenters. The zero-order valence-corrected chi connectivity index (χ0v) is 11.4. The van der Waals surface area contributed by atoms with Gasteiger partial charge < -0.3 is 20.1 Å². The Morgan fingerprint density at radius 2 is 1.94 bits per heavy atom. The van der Waals surface area contributed by atoms with Crippen LogP contribution in [-0.4, -0.2) is 38.3 Å². The standard InChI is InChI=1S/C13H21FN2O2/c1-9(2)18-12-8-13(11(15)7-10(12)14)17-6-5-16(3)4/h7-9H,5-6,15H2,1-4H3. The monoisotopic (exact) mass is 256 g/mol. The van der Waals surface area contributed by atoms with Gasteiger partial charge in [0.2, 0.25) is 0 Å². The van der Waals surface area contributed by atoms with Crippen LogP contribution in [0.4, 0.5) is 10.1 Å². The van der Waals surface area contributed by atoms with Crippen molar-refractivity contribution in [3.05, 3.63) is 17.9 Å². The highest BCUT2D eigenvalue weighted by Gasteiger charge is 2.11. The van der Waals surface area contributed by atoms with Crippen LogP contribution in [0.15, 0.2) is 12.1 Å². The van der Waals surface area contributed by atoms with Crippen LogP contribution in [0.3, 0.4) is 0 Å². The lowest BCUT2D eigenvalue weighted by Gasteiger charge is -2.15. The van der Waals surface area contributed by atoms with E-state index in [1.165, 1.54) is 12.1 Å². The summed E-state index contributed by atoms with van der Waals surface area (Å²) in [5, 5.41) is 0. The second-order valence-electron chi connectivity index (χ2n) is 4.64. The number of hydrogen-bond acceptors (Lipinski definition) is 4. The first-order valence-corrected chi connectivity index (χ1v) is 5.93. The summed E-state index contributed by atoms with van der Waals surface area (Å²) in [5.41, 5.74) is 5.98. The van der Waals surface area contributed by atoms with E-state index >= 15 is 0 Å². The van der Waals surface area contributed by atoms with Gasteiger partial charge in [0, 0.05) is 18.7 Å². The van der Waals surface area contributed by atoms with E-state index in [1.807, 2.05) is 32.8 Å². The quantitative estimate of drug-likeness (QED) is 0.792. The molecule has 1 aromatic carbocycles. The Balaban J connectivity index is 2.77. The van der Waals surface area contributed by atoms with Crippen molar-refractivity contribution in [3.8, 4) is 11.5 Å². The highest BCUT2D eigenvalue weighted by molar-refractivity contribution is 5.56. The molecule has 0 amide bonds. The van der Waals surface area contributed by atoms with Crippen molar-refractivity contribution < 1.29 is 13.9 Å². The van der Waals surface area contributed by atoms with E-state index in [1.54, 1.807) is 0 Å². The number of likely N-dealkylation sites (N-methyl/N-ethyl adjacent to an activating group) is 1. The number of hydrogen-bond donors (Lipinski definition) is 1. The first-order valence-electron chi connectivity index (χ1n) is 5.93. The number of rotatable bonds is 6. The zero-order chi connectivity index (χ0) is 13.7. The second kappa shape index (κ2) is 6.44. The summed E-state index contributed by atoms with van der Waals surface area (Å²) >= 11 is 0. The minimum atomic E-state index is -0.471. The third kappa shape index (κ3) is 4.41. The molecule has 0 aliphatic heterocycles. The van der Waals surface area contributed by atoms with Crippen LogP contribution in [0.2, 0.25) is 0 Å². The van der Waals surface area contributed by atoms with Crippen LogP contribution in [0.1, 0.15) is 13.8 Å². The molecule has 0 bridgehead atoms. The molecule has 0 saturated carbocycles. The van der Waals surface area contributed by atoms with Crippen molar-refractivity contribution in [1.29, 1.82) is 0 Å². The van der Waals surface area contributed by atoms with Gasteiger partial charge in [-0.2, -0.15) is 0 Å². The van der Waals surface area contributed by atoms with Gasteiger partial charge >= 0.3 is 0 Å². The molecule has 0 spiro atoms. The van der Waals surface area contributed by atoms with Crippen LogP contribution >= 0.6 is 0 Å². The fourth-order valence-electron chi connectivity index (χ4n) is 1.36.